The van der Waals surface area contributed by atoms with Crippen molar-refractivity contribution in [3.8, 4) is 11.1 Å². The van der Waals surface area contributed by atoms with Crippen molar-refractivity contribution in [3.05, 3.63) is 108 Å². The molecule has 2 saturated heterocycles. The first-order valence-electron chi connectivity index (χ1n) is 13.3. The van der Waals surface area contributed by atoms with Gasteiger partial charge in [0.25, 0.3) is 0 Å². The van der Waals surface area contributed by atoms with Gasteiger partial charge in [-0.2, -0.15) is 0 Å². The third-order valence-corrected chi connectivity index (χ3v) is 7.20. The Hall–Kier alpha value is -4.96. The van der Waals surface area contributed by atoms with Crippen LogP contribution in [0.5, 0.6) is 0 Å². The zero-order valence-corrected chi connectivity index (χ0v) is 22.5. The zero-order chi connectivity index (χ0) is 28.9. The number of urea groups is 1. The molecule has 0 radical (unpaired) electrons. The van der Waals surface area contributed by atoms with Crippen molar-refractivity contribution in [2.45, 2.75) is 19.3 Å². The van der Waals surface area contributed by atoms with E-state index < -0.39 is 12.1 Å². The summed E-state index contributed by atoms with van der Waals surface area (Å²) in [7, 11) is 0. The number of piperazine rings is 1. The maximum absolute atomic E-state index is 13.5. The molecule has 0 spiro atoms. The lowest BCUT2D eigenvalue weighted by molar-refractivity contribution is -0.180. The van der Waals surface area contributed by atoms with Crippen LogP contribution < -0.4 is 5.32 Å². The highest BCUT2D eigenvalue weighted by Crippen LogP contribution is 2.26. The first-order valence-corrected chi connectivity index (χ1v) is 13.3. The van der Waals surface area contributed by atoms with E-state index in [1.807, 2.05) is 60.7 Å². The SMILES string of the molecule is C=CCN1CC(=O)N2CC(=O)N(Cc3cccc(-c4cccc(C(=O)O)c4)c3)CC2N1C(=O)NCc1ccccc1. The second kappa shape index (κ2) is 12.1. The van der Waals surface area contributed by atoms with Gasteiger partial charge < -0.3 is 20.2 Å². The Labute approximate surface area is 238 Å². The van der Waals surface area contributed by atoms with Gasteiger partial charge in [0.1, 0.15) is 12.7 Å². The molecule has 1 unspecified atom stereocenters. The Morgan fingerprint density at radius 2 is 1.61 bits per heavy atom. The molecule has 2 fully saturated rings. The van der Waals surface area contributed by atoms with Crippen LogP contribution in [-0.2, 0) is 22.7 Å². The summed E-state index contributed by atoms with van der Waals surface area (Å²) in [6.07, 6.45) is 0.955. The molecule has 10 heteroatoms. The van der Waals surface area contributed by atoms with Gasteiger partial charge in [0.2, 0.25) is 11.8 Å². The summed E-state index contributed by atoms with van der Waals surface area (Å²) >= 11 is 0. The molecule has 2 heterocycles. The molecule has 4 amide bonds. The number of benzene rings is 3. The molecular formula is C31H31N5O5. The Kier molecular flexibility index (Phi) is 8.11. The number of hydrogen-bond donors (Lipinski definition) is 2. The van der Waals surface area contributed by atoms with E-state index in [2.05, 4.69) is 11.9 Å². The van der Waals surface area contributed by atoms with Crippen LogP contribution in [0.2, 0.25) is 0 Å². The monoisotopic (exact) mass is 553 g/mol. The fraction of sp³-hybridized carbons (Fsp3) is 0.226. The molecule has 10 nitrogen and oxygen atoms in total. The first-order chi connectivity index (χ1) is 19.8. The van der Waals surface area contributed by atoms with Crippen molar-refractivity contribution in [2.75, 3.05) is 26.2 Å². The van der Waals surface area contributed by atoms with Gasteiger partial charge in [0.05, 0.1) is 18.7 Å². The summed E-state index contributed by atoms with van der Waals surface area (Å²) in [4.78, 5) is 54.3. The highest BCUT2D eigenvalue weighted by atomic mass is 16.4. The second-order valence-corrected chi connectivity index (χ2v) is 9.99. The van der Waals surface area contributed by atoms with Crippen molar-refractivity contribution >= 4 is 23.8 Å². The maximum atomic E-state index is 13.5. The lowest BCUT2D eigenvalue weighted by atomic mass is 10.0. The van der Waals surface area contributed by atoms with Crippen molar-refractivity contribution in [3.63, 3.8) is 0 Å². The molecule has 210 valence electrons. The molecule has 3 aromatic carbocycles. The van der Waals surface area contributed by atoms with Crippen molar-refractivity contribution in [1.29, 1.82) is 0 Å². The quantitative estimate of drug-likeness (QED) is 0.415. The number of carboxylic acid groups (broad SMARTS) is 1. The summed E-state index contributed by atoms with van der Waals surface area (Å²) in [5, 5.41) is 15.5. The minimum absolute atomic E-state index is 0.0357. The topological polar surface area (TPSA) is 114 Å². The Balaban J connectivity index is 1.36. The molecule has 2 aliphatic heterocycles. The molecule has 0 bridgehead atoms. The first kappa shape index (κ1) is 27.6. The third kappa shape index (κ3) is 6.12. The third-order valence-electron chi connectivity index (χ3n) is 7.20. The van der Waals surface area contributed by atoms with E-state index in [4.69, 9.17) is 0 Å². The fourth-order valence-electron chi connectivity index (χ4n) is 5.20. The average Bonchev–Trinajstić information content (AvgIpc) is 2.98. The van der Waals surface area contributed by atoms with E-state index in [1.54, 1.807) is 28.1 Å². The van der Waals surface area contributed by atoms with E-state index in [0.29, 0.717) is 13.1 Å². The standard InChI is InChI=1S/C31H31N5O5/c1-2-14-34-20-29(38)35-21-28(37)33(19-27(35)36(34)31(41)32-17-22-8-4-3-5-9-22)18-23-10-6-11-24(15-23)25-12-7-13-26(16-25)30(39)40/h2-13,15-16,27H,1,14,17-21H2,(H,32,41)(H,39,40). The average molecular weight is 554 g/mol. The highest BCUT2D eigenvalue weighted by molar-refractivity contribution is 5.90. The van der Waals surface area contributed by atoms with Gasteiger partial charge in [-0.3, -0.25) is 9.59 Å². The van der Waals surface area contributed by atoms with Crippen LogP contribution in [0.25, 0.3) is 11.1 Å². The molecule has 2 N–H and O–H groups in total. The van der Waals surface area contributed by atoms with Crippen LogP contribution >= 0.6 is 0 Å². The van der Waals surface area contributed by atoms with E-state index in [9.17, 15) is 24.3 Å². The van der Waals surface area contributed by atoms with Crippen LogP contribution in [0, 0.1) is 0 Å². The van der Waals surface area contributed by atoms with E-state index >= 15 is 0 Å². The highest BCUT2D eigenvalue weighted by Gasteiger charge is 2.46. The number of carbonyl (C=O) groups excluding carboxylic acids is 3. The number of hydrazine groups is 1. The van der Waals surface area contributed by atoms with Gasteiger partial charge in [-0.15, -0.1) is 6.58 Å². The van der Waals surface area contributed by atoms with Gasteiger partial charge in [-0.25, -0.2) is 19.6 Å². The number of amides is 4. The van der Waals surface area contributed by atoms with Gasteiger partial charge in [-0.05, 0) is 40.5 Å². The minimum Gasteiger partial charge on any atom is -0.478 e. The second-order valence-electron chi connectivity index (χ2n) is 9.99. The molecule has 1 atom stereocenters. The lowest BCUT2D eigenvalue weighted by Crippen LogP contribution is -2.73. The molecule has 5 rings (SSSR count). The number of rotatable bonds is 8. The van der Waals surface area contributed by atoms with Crippen LogP contribution in [0.15, 0.2) is 91.5 Å². The summed E-state index contributed by atoms with van der Waals surface area (Å²) in [5.41, 5.74) is 3.55. The predicted octanol–water partition coefficient (Wildman–Crippen LogP) is 3.18. The zero-order valence-electron chi connectivity index (χ0n) is 22.5. The van der Waals surface area contributed by atoms with E-state index in [1.165, 1.54) is 16.0 Å². The lowest BCUT2D eigenvalue weighted by Gasteiger charge is -2.52. The summed E-state index contributed by atoms with van der Waals surface area (Å²) < 4.78 is 0. The van der Waals surface area contributed by atoms with Gasteiger partial charge >= 0.3 is 12.0 Å². The van der Waals surface area contributed by atoms with Crippen molar-refractivity contribution < 1.29 is 24.3 Å². The fourth-order valence-corrected chi connectivity index (χ4v) is 5.20. The number of fused-ring (bicyclic) bond motifs is 1. The number of hydrogen-bond acceptors (Lipinski definition) is 5. The van der Waals surface area contributed by atoms with Gasteiger partial charge in [-0.1, -0.05) is 66.7 Å². The largest absolute Gasteiger partial charge is 0.478 e. The number of carbonyl (C=O) groups is 4. The molecular weight excluding hydrogens is 522 g/mol. The smallest absolute Gasteiger partial charge is 0.335 e. The van der Waals surface area contributed by atoms with Crippen molar-refractivity contribution in [2.24, 2.45) is 0 Å². The van der Waals surface area contributed by atoms with Crippen molar-refractivity contribution in [1.82, 2.24) is 25.1 Å². The molecule has 0 saturated carbocycles. The van der Waals surface area contributed by atoms with E-state index in [-0.39, 0.29) is 49.6 Å². The van der Waals surface area contributed by atoms with Crippen LogP contribution in [0.4, 0.5) is 4.79 Å². The summed E-state index contributed by atoms with van der Waals surface area (Å²) in [5.74, 6) is -1.44. The maximum Gasteiger partial charge on any atom is 0.335 e. The molecule has 3 aromatic rings. The normalized spacial score (nSPS) is 17.3. The Morgan fingerprint density at radius 1 is 0.902 bits per heavy atom. The summed E-state index contributed by atoms with van der Waals surface area (Å²) in [6.45, 7) is 4.63. The molecule has 41 heavy (non-hydrogen) atoms. The van der Waals surface area contributed by atoms with E-state index in [0.717, 1.165) is 22.3 Å². The van der Waals surface area contributed by atoms with Crippen LogP contribution in [-0.4, -0.2) is 81.1 Å². The predicted molar refractivity (Wildman–Crippen MR) is 152 cm³/mol. The Bertz CT molecular complexity index is 1480. The van der Waals surface area contributed by atoms with Crippen LogP contribution in [0.3, 0.4) is 0 Å². The van der Waals surface area contributed by atoms with Crippen LogP contribution in [0.1, 0.15) is 21.5 Å². The Morgan fingerprint density at radius 3 is 2.34 bits per heavy atom. The van der Waals surface area contributed by atoms with Gasteiger partial charge in [0, 0.05) is 19.6 Å². The molecule has 0 aromatic heterocycles. The van der Waals surface area contributed by atoms with Gasteiger partial charge in [0.15, 0.2) is 0 Å². The molecule has 2 aliphatic rings. The molecule has 0 aliphatic carbocycles. The number of nitrogens with zero attached hydrogens (tertiary/aromatic N) is 4. The number of nitrogens with one attached hydrogen (secondary N) is 1. The number of aromatic carboxylic acids is 1. The minimum atomic E-state index is -1.00. The number of carboxylic acids is 1. The summed E-state index contributed by atoms with van der Waals surface area (Å²) in [6, 6.07) is 23.4.